The van der Waals surface area contributed by atoms with Gasteiger partial charge in [-0.2, -0.15) is 4.72 Å². The molecule has 0 saturated carbocycles. The average Bonchev–Trinajstić information content (AvgIpc) is 3.00. The molecule has 146 valence electrons. The van der Waals surface area contributed by atoms with Crippen LogP contribution in [0.4, 0.5) is 4.39 Å². The van der Waals surface area contributed by atoms with Crippen molar-refractivity contribution in [2.24, 2.45) is 0 Å². The van der Waals surface area contributed by atoms with Crippen LogP contribution in [-0.2, 0) is 21.2 Å². The molecular weight excluding hydrogens is 393 g/mol. The number of hydrogen-bond donors (Lipinski definition) is 3. The van der Waals surface area contributed by atoms with Crippen molar-refractivity contribution in [3.8, 4) is 0 Å². The number of carbonyl (C=O) groups excluding carboxylic acids is 2. The van der Waals surface area contributed by atoms with Gasteiger partial charge in [0, 0.05) is 4.88 Å². The summed E-state index contributed by atoms with van der Waals surface area (Å²) in [5, 5.41) is 0. The van der Waals surface area contributed by atoms with E-state index in [-0.39, 0.29) is 0 Å². The Bertz CT molecular complexity index is 957. The van der Waals surface area contributed by atoms with Gasteiger partial charge >= 0.3 is 0 Å². The molecule has 2 rings (SSSR count). The Hall–Kier alpha value is -2.30. The Labute approximate surface area is 161 Å². The lowest BCUT2D eigenvalue weighted by Crippen LogP contribution is -2.51. The van der Waals surface area contributed by atoms with E-state index in [1.807, 2.05) is 13.8 Å². The molecule has 0 aliphatic carbocycles. The third-order valence-corrected chi connectivity index (χ3v) is 6.67. The lowest BCUT2D eigenvalue weighted by Gasteiger charge is -2.15. The number of aryl methyl sites for hydroxylation is 2. The number of rotatable bonds is 6. The van der Waals surface area contributed by atoms with Crippen molar-refractivity contribution >= 4 is 33.2 Å². The van der Waals surface area contributed by atoms with Gasteiger partial charge in [0.25, 0.3) is 11.8 Å². The monoisotopic (exact) mass is 413 g/mol. The van der Waals surface area contributed by atoms with Crippen LogP contribution in [0.25, 0.3) is 0 Å². The van der Waals surface area contributed by atoms with Gasteiger partial charge < -0.3 is 0 Å². The maximum absolute atomic E-state index is 13.7. The molecule has 0 fully saturated rings. The summed E-state index contributed by atoms with van der Waals surface area (Å²) < 4.78 is 40.1. The summed E-state index contributed by atoms with van der Waals surface area (Å²) in [7, 11) is -4.23. The van der Waals surface area contributed by atoms with Crippen LogP contribution < -0.4 is 15.6 Å². The SMILES string of the molecule is CCc1sc(C(=O)NNC(=O)[C@@H](C)NS(=O)(=O)c2ccccc2F)cc1C. The molecule has 10 heteroatoms. The van der Waals surface area contributed by atoms with Crippen LogP contribution in [0.2, 0.25) is 0 Å². The molecule has 1 heterocycles. The number of nitrogens with one attached hydrogen (secondary N) is 3. The van der Waals surface area contributed by atoms with Gasteiger partial charge in [-0.15, -0.1) is 11.3 Å². The van der Waals surface area contributed by atoms with E-state index < -0.39 is 38.6 Å². The van der Waals surface area contributed by atoms with Gasteiger partial charge in [-0.25, -0.2) is 12.8 Å². The first kappa shape index (κ1) is 21.0. The first-order chi connectivity index (χ1) is 12.7. The minimum atomic E-state index is -4.23. The van der Waals surface area contributed by atoms with Gasteiger partial charge in [0.2, 0.25) is 10.0 Å². The highest BCUT2D eigenvalue weighted by atomic mass is 32.2. The van der Waals surface area contributed by atoms with Crippen LogP contribution in [0.15, 0.2) is 35.2 Å². The summed E-state index contributed by atoms with van der Waals surface area (Å²) in [6.07, 6.45) is 0.797. The Morgan fingerprint density at radius 2 is 1.89 bits per heavy atom. The number of thiophene rings is 1. The highest BCUT2D eigenvalue weighted by Crippen LogP contribution is 2.22. The van der Waals surface area contributed by atoms with E-state index in [9.17, 15) is 22.4 Å². The number of amides is 2. The van der Waals surface area contributed by atoms with Crippen molar-refractivity contribution in [2.45, 2.75) is 38.1 Å². The lowest BCUT2D eigenvalue weighted by atomic mass is 10.2. The fourth-order valence-electron chi connectivity index (χ4n) is 2.28. The highest BCUT2D eigenvalue weighted by molar-refractivity contribution is 7.89. The fraction of sp³-hybridized carbons (Fsp3) is 0.294. The van der Waals surface area contributed by atoms with Crippen LogP contribution in [0.1, 0.15) is 34.0 Å². The van der Waals surface area contributed by atoms with Crippen molar-refractivity contribution in [1.29, 1.82) is 0 Å². The average molecular weight is 413 g/mol. The Morgan fingerprint density at radius 3 is 2.48 bits per heavy atom. The molecule has 2 aromatic rings. The fourth-order valence-corrected chi connectivity index (χ4v) is 4.57. The lowest BCUT2D eigenvalue weighted by molar-refractivity contribution is -0.123. The summed E-state index contributed by atoms with van der Waals surface area (Å²) >= 11 is 1.32. The minimum absolute atomic E-state index is 0.434. The van der Waals surface area contributed by atoms with Gasteiger partial charge in [-0.3, -0.25) is 20.4 Å². The van der Waals surface area contributed by atoms with Gasteiger partial charge in [0.15, 0.2) is 0 Å². The summed E-state index contributed by atoms with van der Waals surface area (Å²) in [6, 6.07) is 5.31. The van der Waals surface area contributed by atoms with E-state index in [0.717, 1.165) is 29.0 Å². The molecule has 0 bridgehead atoms. The number of hydrogen-bond acceptors (Lipinski definition) is 5. The summed E-state index contributed by atoms with van der Waals surface area (Å²) in [4.78, 5) is 25.1. The zero-order valence-corrected chi connectivity index (χ0v) is 16.6. The molecular formula is C17H20FN3O4S2. The molecule has 0 aliphatic rings. The molecule has 7 nitrogen and oxygen atoms in total. The number of benzene rings is 1. The topological polar surface area (TPSA) is 104 Å². The third kappa shape index (κ3) is 5.12. The second-order valence-electron chi connectivity index (χ2n) is 5.79. The molecule has 1 aromatic heterocycles. The number of carbonyl (C=O) groups is 2. The molecule has 1 atom stereocenters. The zero-order valence-electron chi connectivity index (χ0n) is 15.0. The highest BCUT2D eigenvalue weighted by Gasteiger charge is 2.25. The Morgan fingerprint density at radius 1 is 1.22 bits per heavy atom. The van der Waals surface area contributed by atoms with E-state index in [1.165, 1.54) is 30.4 Å². The molecule has 0 saturated heterocycles. The zero-order chi connectivity index (χ0) is 20.2. The quantitative estimate of drug-likeness (QED) is 0.629. The van der Waals surface area contributed by atoms with E-state index in [4.69, 9.17) is 0 Å². The molecule has 27 heavy (non-hydrogen) atoms. The molecule has 1 aromatic carbocycles. The van der Waals surface area contributed by atoms with Crippen molar-refractivity contribution < 1.29 is 22.4 Å². The predicted octanol–water partition coefficient (Wildman–Crippen LogP) is 1.89. The molecule has 2 amide bonds. The van der Waals surface area contributed by atoms with Crippen LogP contribution in [0, 0.1) is 12.7 Å². The Kier molecular flexibility index (Phi) is 6.68. The second-order valence-corrected chi connectivity index (χ2v) is 8.61. The third-order valence-electron chi connectivity index (χ3n) is 3.72. The van der Waals surface area contributed by atoms with Crippen molar-refractivity contribution in [2.75, 3.05) is 0 Å². The summed E-state index contributed by atoms with van der Waals surface area (Å²) in [5.41, 5.74) is 5.40. The second kappa shape index (κ2) is 8.59. The van der Waals surface area contributed by atoms with Gasteiger partial charge in [-0.05, 0) is 44.0 Å². The van der Waals surface area contributed by atoms with Crippen LogP contribution >= 0.6 is 11.3 Å². The predicted molar refractivity (Wildman–Crippen MR) is 100 cm³/mol. The van der Waals surface area contributed by atoms with Crippen molar-refractivity contribution in [3.05, 3.63) is 51.5 Å². The van der Waals surface area contributed by atoms with Crippen molar-refractivity contribution in [1.82, 2.24) is 15.6 Å². The van der Waals surface area contributed by atoms with E-state index >= 15 is 0 Å². The minimum Gasteiger partial charge on any atom is -0.271 e. The molecule has 3 N–H and O–H groups in total. The van der Waals surface area contributed by atoms with E-state index in [0.29, 0.717) is 4.88 Å². The standard InChI is InChI=1S/C17H20FN3O4S2/c1-4-13-10(2)9-14(26-13)17(23)20-19-16(22)11(3)21-27(24,25)15-8-6-5-7-12(15)18/h5-9,11,21H,4H2,1-3H3,(H,19,22)(H,20,23)/t11-/m1/s1. The number of sulfonamides is 1. The number of halogens is 1. The first-order valence-corrected chi connectivity index (χ1v) is 10.4. The molecule has 0 radical (unpaired) electrons. The number of hydrazine groups is 1. The van der Waals surface area contributed by atoms with E-state index in [2.05, 4.69) is 15.6 Å². The van der Waals surface area contributed by atoms with Crippen molar-refractivity contribution in [3.63, 3.8) is 0 Å². The molecule has 0 aliphatic heterocycles. The largest absolute Gasteiger partial charge is 0.279 e. The van der Waals surface area contributed by atoms with Crippen LogP contribution in [0.3, 0.4) is 0 Å². The maximum Gasteiger partial charge on any atom is 0.279 e. The summed E-state index contributed by atoms with van der Waals surface area (Å²) in [5.74, 6) is -2.21. The Balaban J connectivity index is 1.97. The van der Waals surface area contributed by atoms with Gasteiger partial charge in [0.1, 0.15) is 10.7 Å². The van der Waals surface area contributed by atoms with Crippen LogP contribution in [-0.4, -0.2) is 26.3 Å². The van der Waals surface area contributed by atoms with Crippen LogP contribution in [0.5, 0.6) is 0 Å². The van der Waals surface area contributed by atoms with Gasteiger partial charge in [0.05, 0.1) is 10.9 Å². The maximum atomic E-state index is 13.7. The smallest absolute Gasteiger partial charge is 0.271 e. The van der Waals surface area contributed by atoms with Gasteiger partial charge in [-0.1, -0.05) is 19.1 Å². The summed E-state index contributed by atoms with van der Waals surface area (Å²) in [6.45, 7) is 5.15. The normalized spacial score (nSPS) is 12.4. The molecule has 0 spiro atoms. The molecule has 0 unspecified atom stereocenters. The first-order valence-electron chi connectivity index (χ1n) is 8.12. The van der Waals surface area contributed by atoms with E-state index in [1.54, 1.807) is 6.07 Å².